The van der Waals surface area contributed by atoms with Gasteiger partial charge in [-0.25, -0.2) is 4.57 Å². The van der Waals surface area contributed by atoms with Crippen LogP contribution in [0.4, 0.5) is 0 Å². The molecule has 0 aromatic carbocycles. The third-order valence-corrected chi connectivity index (χ3v) is 5.05. The Kier molecular flexibility index (Phi) is 16.5. The zero-order valence-corrected chi connectivity index (χ0v) is 17.8. The Morgan fingerprint density at radius 2 is 1.41 bits per heavy atom. The first-order valence-corrected chi connectivity index (χ1v) is 11.8. The van der Waals surface area contributed by atoms with Gasteiger partial charge in [-0.05, 0) is 19.9 Å². The van der Waals surface area contributed by atoms with Crippen LogP contribution < -0.4 is 5.32 Å². The fraction of sp³-hybridized carbons (Fsp3) is 0.895. The molecule has 1 unspecified atom stereocenters. The Balaban J connectivity index is 3.75. The van der Waals surface area contributed by atoms with Gasteiger partial charge < -0.3 is 25.3 Å². The van der Waals surface area contributed by atoms with Gasteiger partial charge >= 0.3 is 7.82 Å². The number of rotatable bonds is 18. The summed E-state index contributed by atoms with van der Waals surface area (Å²) in [5.74, 6) is 0. The SMILES string of the molecule is CCCCCCCCCCCCC/C=C/[C@@H](O)[C@H](NC)C(O)OP(=O)(O)O. The molecule has 0 bridgehead atoms. The van der Waals surface area contributed by atoms with Gasteiger partial charge in [0.15, 0.2) is 6.29 Å². The summed E-state index contributed by atoms with van der Waals surface area (Å²) in [4.78, 5) is 17.4. The topological polar surface area (TPSA) is 119 Å². The summed E-state index contributed by atoms with van der Waals surface area (Å²) in [5.41, 5.74) is 0. The maximum atomic E-state index is 10.8. The molecule has 3 atom stereocenters. The van der Waals surface area contributed by atoms with Crippen LogP contribution in [0.3, 0.4) is 0 Å². The molecule has 0 aromatic rings. The minimum Gasteiger partial charge on any atom is -0.387 e. The number of likely N-dealkylation sites (N-methyl/N-ethyl adjacent to an activating group) is 1. The molecule has 0 amide bonds. The quantitative estimate of drug-likeness (QED) is 0.101. The summed E-state index contributed by atoms with van der Waals surface area (Å²) in [7, 11) is -3.34. The van der Waals surface area contributed by atoms with Gasteiger partial charge in [0.2, 0.25) is 0 Å². The maximum Gasteiger partial charge on any atom is 0.471 e. The van der Waals surface area contributed by atoms with E-state index in [2.05, 4.69) is 16.8 Å². The lowest BCUT2D eigenvalue weighted by Gasteiger charge is -2.25. The number of allylic oxidation sites excluding steroid dienone is 1. The third kappa shape index (κ3) is 16.4. The molecule has 0 aromatic heterocycles. The van der Waals surface area contributed by atoms with Crippen LogP contribution in [0, 0.1) is 0 Å². The highest BCUT2D eigenvalue weighted by molar-refractivity contribution is 7.46. The number of aliphatic hydroxyl groups excluding tert-OH is 2. The van der Waals surface area contributed by atoms with Crippen LogP contribution in [0.5, 0.6) is 0 Å². The molecule has 0 aliphatic carbocycles. The van der Waals surface area contributed by atoms with Crippen molar-refractivity contribution in [3.05, 3.63) is 12.2 Å². The van der Waals surface area contributed by atoms with Crippen LogP contribution >= 0.6 is 7.82 Å². The summed E-state index contributed by atoms with van der Waals surface area (Å²) in [6.45, 7) is 2.24. The number of hydrogen-bond donors (Lipinski definition) is 5. The predicted octanol–water partition coefficient (Wildman–Crippen LogP) is 3.62. The number of hydrogen-bond acceptors (Lipinski definition) is 5. The van der Waals surface area contributed by atoms with Gasteiger partial charge in [0.25, 0.3) is 0 Å². The highest BCUT2D eigenvalue weighted by Crippen LogP contribution is 2.37. The number of phosphoric ester groups is 1. The minimum absolute atomic E-state index is 0.819. The predicted molar refractivity (Wildman–Crippen MR) is 108 cm³/mol. The van der Waals surface area contributed by atoms with Crippen LogP contribution in [0.15, 0.2) is 12.2 Å². The number of nitrogens with one attached hydrogen (secondary N) is 1. The standard InChI is InChI=1S/C19H40NO6P/c1-3-4-5-6-7-8-9-10-11-12-13-14-15-16-17(21)18(20-2)19(22)26-27(23,24)25/h15-22H,3-14H2,1-2H3,(H2,23,24,25)/b16-15+/t17-,18+,19?/m1/s1. The van der Waals surface area contributed by atoms with E-state index < -0.39 is 26.3 Å². The van der Waals surface area contributed by atoms with Crippen molar-refractivity contribution >= 4 is 7.82 Å². The Bertz CT molecular complexity index is 415. The van der Waals surface area contributed by atoms with Gasteiger partial charge in [0.1, 0.15) is 0 Å². The van der Waals surface area contributed by atoms with E-state index in [0.29, 0.717) is 0 Å². The van der Waals surface area contributed by atoms with E-state index in [-0.39, 0.29) is 0 Å². The van der Waals surface area contributed by atoms with Crippen LogP contribution in [0.1, 0.15) is 84.0 Å². The Hall–Kier alpha value is -0.270. The van der Waals surface area contributed by atoms with E-state index in [0.717, 1.165) is 19.3 Å². The van der Waals surface area contributed by atoms with Crippen molar-refractivity contribution in [2.75, 3.05) is 7.05 Å². The lowest BCUT2D eigenvalue weighted by Crippen LogP contribution is -2.46. The van der Waals surface area contributed by atoms with Gasteiger partial charge in [-0.15, -0.1) is 0 Å². The highest BCUT2D eigenvalue weighted by Gasteiger charge is 2.30. The van der Waals surface area contributed by atoms with E-state index in [1.165, 1.54) is 70.9 Å². The van der Waals surface area contributed by atoms with E-state index in [1.807, 2.05) is 6.08 Å². The second kappa shape index (κ2) is 16.7. The van der Waals surface area contributed by atoms with Gasteiger partial charge in [0, 0.05) is 0 Å². The molecule has 27 heavy (non-hydrogen) atoms. The summed E-state index contributed by atoms with van der Waals surface area (Å²) >= 11 is 0. The van der Waals surface area contributed by atoms with Crippen molar-refractivity contribution < 1.29 is 29.1 Å². The zero-order valence-electron chi connectivity index (χ0n) is 16.9. The van der Waals surface area contributed by atoms with E-state index in [1.54, 1.807) is 0 Å². The van der Waals surface area contributed by atoms with E-state index >= 15 is 0 Å². The van der Waals surface area contributed by atoms with Crippen molar-refractivity contribution in [1.82, 2.24) is 5.32 Å². The summed E-state index contributed by atoms with van der Waals surface area (Å²) in [5, 5.41) is 22.3. The molecule has 8 heteroatoms. The third-order valence-electron chi connectivity index (χ3n) is 4.56. The molecule has 0 radical (unpaired) electrons. The lowest BCUT2D eigenvalue weighted by atomic mass is 10.0. The van der Waals surface area contributed by atoms with Crippen molar-refractivity contribution in [2.24, 2.45) is 0 Å². The van der Waals surface area contributed by atoms with Gasteiger partial charge in [-0.2, -0.15) is 0 Å². The first-order valence-electron chi connectivity index (χ1n) is 10.3. The Labute approximate surface area is 164 Å². The Morgan fingerprint density at radius 1 is 0.926 bits per heavy atom. The normalized spacial score (nSPS) is 15.9. The van der Waals surface area contributed by atoms with Crippen molar-refractivity contribution in [1.29, 1.82) is 0 Å². The first kappa shape index (κ1) is 26.7. The van der Waals surface area contributed by atoms with E-state index in [9.17, 15) is 14.8 Å². The molecule has 0 aliphatic rings. The molecule has 5 N–H and O–H groups in total. The largest absolute Gasteiger partial charge is 0.471 e. The maximum absolute atomic E-state index is 10.8. The second-order valence-corrected chi connectivity index (χ2v) is 8.24. The van der Waals surface area contributed by atoms with Gasteiger partial charge in [-0.3, -0.25) is 4.52 Å². The molecule has 0 spiro atoms. The molecular formula is C19H40NO6P. The average Bonchev–Trinajstić information content (AvgIpc) is 2.58. The zero-order chi connectivity index (χ0) is 20.5. The molecule has 0 saturated carbocycles. The highest BCUT2D eigenvalue weighted by atomic mass is 31.2. The van der Waals surface area contributed by atoms with Gasteiger partial charge in [0.05, 0.1) is 12.1 Å². The number of phosphoric acid groups is 1. The average molecular weight is 410 g/mol. The van der Waals surface area contributed by atoms with Crippen LogP contribution in [-0.2, 0) is 9.09 Å². The fourth-order valence-corrected chi connectivity index (χ4v) is 3.38. The smallest absolute Gasteiger partial charge is 0.387 e. The minimum atomic E-state index is -4.81. The molecular weight excluding hydrogens is 369 g/mol. The van der Waals surface area contributed by atoms with Crippen LogP contribution in [-0.4, -0.2) is 45.5 Å². The monoisotopic (exact) mass is 409 g/mol. The van der Waals surface area contributed by atoms with E-state index in [4.69, 9.17) is 9.79 Å². The number of aliphatic hydroxyl groups is 2. The molecule has 7 nitrogen and oxygen atoms in total. The van der Waals surface area contributed by atoms with Crippen LogP contribution in [0.2, 0.25) is 0 Å². The fourth-order valence-electron chi connectivity index (χ4n) is 2.97. The molecule has 0 fully saturated rings. The van der Waals surface area contributed by atoms with Gasteiger partial charge in [-0.1, -0.05) is 83.3 Å². The molecule has 0 aliphatic heterocycles. The summed E-state index contributed by atoms with van der Waals surface area (Å²) in [6, 6.07) is -1.02. The molecule has 162 valence electrons. The molecule has 0 saturated heterocycles. The molecule has 0 heterocycles. The van der Waals surface area contributed by atoms with Crippen molar-refractivity contribution in [2.45, 2.75) is 102 Å². The summed E-state index contributed by atoms with van der Waals surface area (Å²) < 4.78 is 15.0. The second-order valence-electron chi connectivity index (χ2n) is 7.04. The summed E-state index contributed by atoms with van der Waals surface area (Å²) in [6.07, 6.45) is 15.3. The van der Waals surface area contributed by atoms with Crippen molar-refractivity contribution in [3.63, 3.8) is 0 Å². The lowest BCUT2D eigenvalue weighted by molar-refractivity contribution is -0.0808. The Morgan fingerprint density at radius 3 is 1.85 bits per heavy atom. The first-order chi connectivity index (χ1) is 12.8. The molecule has 0 rings (SSSR count). The number of unbranched alkanes of at least 4 members (excludes halogenated alkanes) is 11. The van der Waals surface area contributed by atoms with Crippen molar-refractivity contribution in [3.8, 4) is 0 Å². The van der Waals surface area contributed by atoms with Crippen LogP contribution in [0.25, 0.3) is 0 Å².